The Kier molecular flexibility index (Phi) is 6.38. The van der Waals surface area contributed by atoms with E-state index in [4.69, 9.17) is 4.74 Å². The zero-order valence-corrected chi connectivity index (χ0v) is 18.0. The Balaban J connectivity index is 1.68. The van der Waals surface area contributed by atoms with Crippen molar-refractivity contribution in [3.05, 3.63) is 107 Å². The zero-order valence-electron chi connectivity index (χ0n) is 18.0. The molecule has 162 valence electrons. The summed E-state index contributed by atoms with van der Waals surface area (Å²) in [4.78, 5) is 12.4. The van der Waals surface area contributed by atoms with Crippen LogP contribution in [-0.4, -0.2) is 22.8 Å². The number of aromatic nitrogens is 1. The second kappa shape index (κ2) is 9.54. The summed E-state index contributed by atoms with van der Waals surface area (Å²) in [6.07, 6.45) is 1.79. The van der Waals surface area contributed by atoms with Crippen molar-refractivity contribution in [3.8, 4) is 5.75 Å². The maximum Gasteiger partial charge on any atom is 0.352 e. The molecule has 0 fully saturated rings. The highest BCUT2D eigenvalue weighted by Gasteiger charge is 2.22. The van der Waals surface area contributed by atoms with E-state index in [1.807, 2.05) is 77.4 Å². The van der Waals surface area contributed by atoms with Crippen molar-refractivity contribution in [2.75, 3.05) is 7.11 Å². The van der Waals surface area contributed by atoms with E-state index in [1.54, 1.807) is 13.2 Å². The minimum atomic E-state index is -0.932. The number of carboxylic acids is 1. The summed E-state index contributed by atoms with van der Waals surface area (Å²) in [5.74, 6) is -0.123. The molecule has 0 saturated heterocycles. The molecule has 0 aliphatic carbocycles. The quantitative estimate of drug-likeness (QED) is 0.380. The SMILES string of the molecule is C=Cc1ccc(Cn2c(C(=O)O)c(CNCc3ccccc3OC)c3ccccc32)cc1. The van der Waals surface area contributed by atoms with E-state index < -0.39 is 5.97 Å². The summed E-state index contributed by atoms with van der Waals surface area (Å²) in [6, 6.07) is 23.7. The summed E-state index contributed by atoms with van der Waals surface area (Å²) in [5.41, 5.74) is 5.10. The highest BCUT2D eigenvalue weighted by Crippen LogP contribution is 2.28. The molecular formula is C27H26N2O3. The maximum absolute atomic E-state index is 12.4. The summed E-state index contributed by atoms with van der Waals surface area (Å²) in [5, 5.41) is 14.5. The minimum Gasteiger partial charge on any atom is -0.496 e. The topological polar surface area (TPSA) is 63.5 Å². The first kappa shape index (κ1) is 21.4. The highest BCUT2D eigenvalue weighted by molar-refractivity contribution is 5.98. The number of carboxylic acid groups (broad SMARTS) is 1. The van der Waals surface area contributed by atoms with Gasteiger partial charge >= 0.3 is 5.97 Å². The number of nitrogens with zero attached hydrogens (tertiary/aromatic N) is 1. The first-order valence-corrected chi connectivity index (χ1v) is 10.5. The van der Waals surface area contributed by atoms with Gasteiger partial charge < -0.3 is 19.7 Å². The van der Waals surface area contributed by atoms with Crippen molar-refractivity contribution in [3.63, 3.8) is 0 Å². The van der Waals surface area contributed by atoms with Crippen molar-refractivity contribution < 1.29 is 14.6 Å². The first-order valence-electron chi connectivity index (χ1n) is 10.5. The van der Waals surface area contributed by atoms with Crippen LogP contribution in [0.2, 0.25) is 0 Å². The van der Waals surface area contributed by atoms with Gasteiger partial charge in [0, 0.05) is 41.7 Å². The van der Waals surface area contributed by atoms with Crippen LogP contribution in [0.3, 0.4) is 0 Å². The lowest BCUT2D eigenvalue weighted by Gasteiger charge is -2.11. The van der Waals surface area contributed by atoms with Crippen LogP contribution in [0, 0.1) is 0 Å². The van der Waals surface area contributed by atoms with E-state index in [2.05, 4.69) is 11.9 Å². The van der Waals surface area contributed by atoms with E-state index in [1.165, 1.54) is 0 Å². The van der Waals surface area contributed by atoms with Gasteiger partial charge in [-0.25, -0.2) is 4.79 Å². The smallest absolute Gasteiger partial charge is 0.352 e. The molecule has 32 heavy (non-hydrogen) atoms. The maximum atomic E-state index is 12.4. The predicted octanol–water partition coefficient (Wildman–Crippen LogP) is 5.33. The number of carbonyl (C=O) groups is 1. The summed E-state index contributed by atoms with van der Waals surface area (Å²) >= 11 is 0. The Morgan fingerprint density at radius 2 is 1.75 bits per heavy atom. The number of aromatic carboxylic acids is 1. The lowest BCUT2D eigenvalue weighted by molar-refractivity contribution is 0.0684. The molecule has 4 rings (SSSR count). The second-order valence-electron chi connectivity index (χ2n) is 7.60. The normalized spacial score (nSPS) is 10.9. The van der Waals surface area contributed by atoms with Gasteiger partial charge in [-0.1, -0.05) is 73.3 Å². The summed E-state index contributed by atoms with van der Waals surface area (Å²) < 4.78 is 7.31. The number of hydrogen-bond donors (Lipinski definition) is 2. The number of para-hydroxylation sites is 2. The lowest BCUT2D eigenvalue weighted by atomic mass is 10.1. The Morgan fingerprint density at radius 3 is 2.47 bits per heavy atom. The highest BCUT2D eigenvalue weighted by atomic mass is 16.5. The van der Waals surface area contributed by atoms with Crippen molar-refractivity contribution in [2.24, 2.45) is 0 Å². The van der Waals surface area contributed by atoms with Gasteiger partial charge in [0.25, 0.3) is 0 Å². The third-order valence-corrected chi connectivity index (χ3v) is 5.64. The molecule has 1 aromatic heterocycles. The van der Waals surface area contributed by atoms with Crippen LogP contribution in [0.1, 0.15) is 32.7 Å². The average Bonchev–Trinajstić information content (AvgIpc) is 3.13. The third kappa shape index (κ3) is 4.29. The van der Waals surface area contributed by atoms with Crippen molar-refractivity contribution in [1.82, 2.24) is 9.88 Å². The molecular weight excluding hydrogens is 400 g/mol. The fraction of sp³-hybridized carbons (Fsp3) is 0.148. The zero-order chi connectivity index (χ0) is 22.5. The number of benzene rings is 3. The van der Waals surface area contributed by atoms with Gasteiger partial charge in [-0.15, -0.1) is 0 Å². The molecule has 0 aliphatic heterocycles. The number of fused-ring (bicyclic) bond motifs is 1. The van der Waals surface area contributed by atoms with Crippen LogP contribution >= 0.6 is 0 Å². The molecule has 1 heterocycles. The molecule has 0 unspecified atom stereocenters. The Morgan fingerprint density at radius 1 is 1.03 bits per heavy atom. The van der Waals surface area contributed by atoms with Gasteiger partial charge in [-0.2, -0.15) is 0 Å². The largest absolute Gasteiger partial charge is 0.496 e. The molecule has 5 nitrogen and oxygen atoms in total. The van der Waals surface area contributed by atoms with Crippen LogP contribution in [0.5, 0.6) is 5.75 Å². The Hall–Kier alpha value is -3.83. The summed E-state index contributed by atoms with van der Waals surface area (Å²) in [6.45, 7) is 5.28. The van der Waals surface area contributed by atoms with E-state index in [0.717, 1.165) is 38.9 Å². The molecule has 0 radical (unpaired) electrons. The lowest BCUT2D eigenvalue weighted by Crippen LogP contribution is -2.17. The van der Waals surface area contributed by atoms with E-state index >= 15 is 0 Å². The monoisotopic (exact) mass is 426 g/mol. The molecule has 5 heteroatoms. The molecule has 0 spiro atoms. The Bertz CT molecular complexity index is 1260. The van der Waals surface area contributed by atoms with Gasteiger partial charge in [0.15, 0.2) is 0 Å². The van der Waals surface area contributed by atoms with Crippen molar-refractivity contribution in [2.45, 2.75) is 19.6 Å². The van der Waals surface area contributed by atoms with Crippen molar-refractivity contribution >= 4 is 22.9 Å². The number of rotatable bonds is 9. The fourth-order valence-electron chi connectivity index (χ4n) is 4.08. The molecule has 2 N–H and O–H groups in total. The molecule has 3 aromatic carbocycles. The van der Waals surface area contributed by atoms with Crippen LogP contribution in [0.4, 0.5) is 0 Å². The van der Waals surface area contributed by atoms with Gasteiger partial charge in [0.05, 0.1) is 7.11 Å². The van der Waals surface area contributed by atoms with Gasteiger partial charge in [0.1, 0.15) is 11.4 Å². The molecule has 0 amide bonds. The molecule has 0 saturated carbocycles. The van der Waals surface area contributed by atoms with Gasteiger partial charge in [-0.3, -0.25) is 0 Å². The predicted molar refractivity (Wildman–Crippen MR) is 128 cm³/mol. The van der Waals surface area contributed by atoms with Crippen molar-refractivity contribution in [1.29, 1.82) is 0 Å². The molecule has 0 bridgehead atoms. The number of hydrogen-bond acceptors (Lipinski definition) is 3. The second-order valence-corrected chi connectivity index (χ2v) is 7.60. The molecule has 4 aromatic rings. The van der Waals surface area contributed by atoms with Gasteiger partial charge in [-0.05, 0) is 23.3 Å². The molecule has 0 atom stereocenters. The standard InChI is InChI=1S/C27H26N2O3/c1-3-19-12-14-20(15-13-19)18-29-24-10-6-5-9-22(24)23(26(29)27(30)31)17-28-16-21-8-4-7-11-25(21)32-2/h3-15,28H,1,16-18H2,2H3,(H,30,31). The minimum absolute atomic E-state index is 0.312. The third-order valence-electron chi connectivity index (χ3n) is 5.64. The van der Waals surface area contributed by atoms with Crippen LogP contribution < -0.4 is 10.1 Å². The summed E-state index contributed by atoms with van der Waals surface area (Å²) in [7, 11) is 1.65. The average molecular weight is 427 g/mol. The van der Waals surface area contributed by atoms with Gasteiger partial charge in [0.2, 0.25) is 0 Å². The first-order chi connectivity index (χ1) is 15.6. The van der Waals surface area contributed by atoms with Crippen LogP contribution in [0.25, 0.3) is 17.0 Å². The number of nitrogens with one attached hydrogen (secondary N) is 1. The number of methoxy groups -OCH3 is 1. The van der Waals surface area contributed by atoms with Crippen LogP contribution in [0.15, 0.2) is 79.4 Å². The van der Waals surface area contributed by atoms with E-state index in [9.17, 15) is 9.90 Å². The Labute approximate surface area is 187 Å². The van der Waals surface area contributed by atoms with E-state index in [-0.39, 0.29) is 0 Å². The number of ether oxygens (including phenoxy) is 1. The fourth-order valence-corrected chi connectivity index (χ4v) is 4.08. The van der Waals surface area contributed by atoms with Crippen LogP contribution in [-0.2, 0) is 19.6 Å². The van der Waals surface area contributed by atoms with E-state index in [0.29, 0.717) is 25.3 Å². The molecule has 0 aliphatic rings.